The topological polar surface area (TPSA) is 190 Å². The Kier molecular flexibility index (Phi) is 11.6. The van der Waals surface area contributed by atoms with Crippen molar-refractivity contribution in [2.24, 2.45) is 0 Å². The largest absolute Gasteiger partial charge is 0.462 e. The molecule has 1 aromatic rings. The number of amides is 1. The van der Waals surface area contributed by atoms with E-state index in [-0.39, 0.29) is 6.61 Å². The minimum Gasteiger partial charge on any atom is -0.462 e. The Bertz CT molecular complexity index is 1090. The molecule has 0 radical (unpaired) electrons. The van der Waals surface area contributed by atoms with Gasteiger partial charge in [-0.15, -0.1) is 0 Å². The molecule has 2 rings (SSSR count). The average molecular weight is 568 g/mol. The standard InChI is InChI=1S/C26H33NO13/c1-14(28)27-22-20(37-16(3)30)11-26(34,25(33)36-12-19-9-7-6-8-10-19)40-24(22)23(39-18(5)32)21(38-17(4)31)13-35-15(2)29/h6-10,20-24,34H,11-13H2,1-5H3,(H,27,28)/t20-,21+,22+,23+,24+,26?/m0/s1. The van der Waals surface area contributed by atoms with Crippen LogP contribution in [-0.4, -0.2) is 83.7 Å². The molecular weight excluding hydrogens is 534 g/mol. The second kappa shape index (κ2) is 14.4. The van der Waals surface area contributed by atoms with Gasteiger partial charge in [-0.1, -0.05) is 30.3 Å². The molecule has 1 aliphatic heterocycles. The molecule has 1 unspecified atom stereocenters. The van der Waals surface area contributed by atoms with E-state index in [2.05, 4.69) is 5.32 Å². The molecule has 2 N–H and O–H groups in total. The van der Waals surface area contributed by atoms with Gasteiger partial charge in [0.05, 0.1) is 12.5 Å². The van der Waals surface area contributed by atoms with E-state index in [1.807, 2.05) is 0 Å². The summed E-state index contributed by atoms with van der Waals surface area (Å²) in [6.07, 6.45) is -7.02. The smallest absolute Gasteiger partial charge is 0.367 e. The second-order valence-electron chi connectivity index (χ2n) is 9.03. The number of hydrogen-bond acceptors (Lipinski definition) is 13. The number of aliphatic hydroxyl groups is 1. The average Bonchev–Trinajstić information content (AvgIpc) is 2.85. The lowest BCUT2D eigenvalue weighted by Crippen LogP contribution is -2.68. The quantitative estimate of drug-likeness (QED) is 0.270. The molecule has 1 saturated heterocycles. The molecule has 1 aromatic carbocycles. The predicted molar refractivity (Wildman–Crippen MR) is 132 cm³/mol. The zero-order chi connectivity index (χ0) is 30.0. The second-order valence-corrected chi connectivity index (χ2v) is 9.03. The van der Waals surface area contributed by atoms with Crippen LogP contribution in [0.1, 0.15) is 46.6 Å². The molecule has 0 spiro atoms. The molecule has 0 aliphatic carbocycles. The summed E-state index contributed by atoms with van der Waals surface area (Å²) in [5.41, 5.74) is 0.591. The molecular formula is C26H33NO13. The lowest BCUT2D eigenvalue weighted by atomic mass is 9.88. The third-order valence-electron chi connectivity index (χ3n) is 5.54. The van der Waals surface area contributed by atoms with Gasteiger partial charge in [0.25, 0.3) is 5.79 Å². The van der Waals surface area contributed by atoms with Crippen molar-refractivity contribution in [2.75, 3.05) is 6.61 Å². The maximum atomic E-state index is 13.1. The highest BCUT2D eigenvalue weighted by atomic mass is 16.7. The van der Waals surface area contributed by atoms with Crippen molar-refractivity contribution in [1.29, 1.82) is 0 Å². The summed E-state index contributed by atoms with van der Waals surface area (Å²) in [4.78, 5) is 72.7. The predicted octanol–water partition coefficient (Wildman–Crippen LogP) is 0.0702. The highest BCUT2D eigenvalue weighted by molar-refractivity contribution is 5.78. The van der Waals surface area contributed by atoms with Crippen molar-refractivity contribution in [3.05, 3.63) is 35.9 Å². The fourth-order valence-corrected chi connectivity index (χ4v) is 4.09. The number of carbonyl (C=O) groups is 6. The molecule has 6 atom stereocenters. The monoisotopic (exact) mass is 567 g/mol. The Balaban J connectivity index is 2.56. The first-order chi connectivity index (χ1) is 18.7. The summed E-state index contributed by atoms with van der Waals surface area (Å²) < 4.78 is 31.9. The van der Waals surface area contributed by atoms with Gasteiger partial charge in [0.2, 0.25) is 5.91 Å². The van der Waals surface area contributed by atoms with Crippen LogP contribution in [0.15, 0.2) is 30.3 Å². The first-order valence-electron chi connectivity index (χ1n) is 12.2. The molecule has 220 valence electrons. The number of hydrogen-bond donors (Lipinski definition) is 2. The van der Waals surface area contributed by atoms with Gasteiger partial charge >= 0.3 is 29.8 Å². The molecule has 0 saturated carbocycles. The van der Waals surface area contributed by atoms with E-state index in [1.165, 1.54) is 0 Å². The van der Waals surface area contributed by atoms with Crippen molar-refractivity contribution in [3.63, 3.8) is 0 Å². The van der Waals surface area contributed by atoms with Crippen LogP contribution in [0.3, 0.4) is 0 Å². The summed E-state index contributed by atoms with van der Waals surface area (Å²) in [6, 6.07) is 7.17. The molecule has 0 aromatic heterocycles. The van der Waals surface area contributed by atoms with Gasteiger partial charge in [-0.25, -0.2) is 4.79 Å². The Labute approximate surface area is 230 Å². The number of carbonyl (C=O) groups excluding carboxylic acids is 6. The third-order valence-corrected chi connectivity index (χ3v) is 5.54. The first-order valence-corrected chi connectivity index (χ1v) is 12.2. The molecule has 1 heterocycles. The molecule has 1 amide bonds. The van der Waals surface area contributed by atoms with Crippen molar-refractivity contribution in [1.82, 2.24) is 5.32 Å². The highest BCUT2D eigenvalue weighted by Crippen LogP contribution is 2.35. The lowest BCUT2D eigenvalue weighted by Gasteiger charge is -2.47. The molecule has 14 heteroatoms. The van der Waals surface area contributed by atoms with Crippen molar-refractivity contribution in [2.45, 2.75) is 83.9 Å². The summed E-state index contributed by atoms with van der Waals surface area (Å²) in [6.45, 7) is 4.46. The van der Waals surface area contributed by atoms with Crippen LogP contribution in [0.4, 0.5) is 0 Å². The zero-order valence-corrected chi connectivity index (χ0v) is 22.7. The Morgan fingerprint density at radius 3 is 2.08 bits per heavy atom. The number of rotatable bonds is 11. The summed E-state index contributed by atoms with van der Waals surface area (Å²) >= 11 is 0. The zero-order valence-electron chi connectivity index (χ0n) is 22.7. The lowest BCUT2D eigenvalue weighted by molar-refractivity contribution is -0.300. The number of benzene rings is 1. The maximum Gasteiger partial charge on any atom is 0.367 e. The highest BCUT2D eigenvalue weighted by Gasteiger charge is 2.57. The van der Waals surface area contributed by atoms with Crippen LogP contribution in [0, 0.1) is 0 Å². The van der Waals surface area contributed by atoms with E-state index in [1.54, 1.807) is 30.3 Å². The van der Waals surface area contributed by atoms with Crippen LogP contribution >= 0.6 is 0 Å². The van der Waals surface area contributed by atoms with E-state index in [9.17, 15) is 33.9 Å². The van der Waals surface area contributed by atoms with E-state index < -0.39 is 85.0 Å². The maximum absolute atomic E-state index is 13.1. The van der Waals surface area contributed by atoms with Crippen LogP contribution < -0.4 is 5.32 Å². The van der Waals surface area contributed by atoms with E-state index in [4.69, 9.17) is 28.4 Å². The van der Waals surface area contributed by atoms with Gasteiger partial charge in [-0.05, 0) is 5.56 Å². The number of ether oxygens (including phenoxy) is 6. The van der Waals surface area contributed by atoms with Crippen molar-refractivity contribution >= 4 is 35.8 Å². The fraction of sp³-hybridized carbons (Fsp3) is 0.538. The van der Waals surface area contributed by atoms with Crippen molar-refractivity contribution in [3.8, 4) is 0 Å². The van der Waals surface area contributed by atoms with Crippen LogP contribution in [0.5, 0.6) is 0 Å². The minimum absolute atomic E-state index is 0.251. The molecule has 1 aliphatic rings. The van der Waals surface area contributed by atoms with Gasteiger partial charge in [-0.3, -0.25) is 24.0 Å². The molecule has 14 nitrogen and oxygen atoms in total. The Morgan fingerprint density at radius 2 is 1.55 bits per heavy atom. The Hall–Kier alpha value is -4.04. The summed E-state index contributed by atoms with van der Waals surface area (Å²) in [5, 5.41) is 13.9. The van der Waals surface area contributed by atoms with E-state index in [0.29, 0.717) is 5.56 Å². The van der Waals surface area contributed by atoms with Gasteiger partial charge in [0, 0.05) is 34.6 Å². The SMILES string of the molecule is CC(=O)N[C@H]1[C@H]([C@H](OC(C)=O)[C@@H](COC(C)=O)OC(C)=O)OC(O)(C(=O)OCc2ccccc2)C[C@@H]1OC(C)=O. The molecule has 0 bridgehead atoms. The normalized spacial score (nSPS) is 23.5. The van der Waals surface area contributed by atoms with Gasteiger partial charge in [0.15, 0.2) is 12.2 Å². The summed E-state index contributed by atoms with van der Waals surface area (Å²) in [5.74, 6) is -8.07. The molecule has 1 fully saturated rings. The summed E-state index contributed by atoms with van der Waals surface area (Å²) in [7, 11) is 0. The van der Waals surface area contributed by atoms with Gasteiger partial charge in [0.1, 0.15) is 25.4 Å². The van der Waals surface area contributed by atoms with Crippen LogP contribution in [0.25, 0.3) is 0 Å². The fourth-order valence-electron chi connectivity index (χ4n) is 4.09. The van der Waals surface area contributed by atoms with Gasteiger partial charge in [-0.2, -0.15) is 0 Å². The number of esters is 5. The number of nitrogens with one attached hydrogen (secondary N) is 1. The van der Waals surface area contributed by atoms with Crippen LogP contribution in [0.2, 0.25) is 0 Å². The Morgan fingerprint density at radius 1 is 0.925 bits per heavy atom. The first kappa shape index (κ1) is 32.2. The van der Waals surface area contributed by atoms with E-state index in [0.717, 1.165) is 34.6 Å². The third kappa shape index (κ3) is 9.61. The van der Waals surface area contributed by atoms with Gasteiger partial charge < -0.3 is 38.8 Å². The molecule has 40 heavy (non-hydrogen) atoms. The van der Waals surface area contributed by atoms with Crippen LogP contribution in [-0.2, 0) is 63.8 Å². The minimum atomic E-state index is -2.78. The van der Waals surface area contributed by atoms with E-state index >= 15 is 0 Å². The van der Waals surface area contributed by atoms with Crippen molar-refractivity contribution < 1.29 is 62.3 Å².